The van der Waals surface area contributed by atoms with Crippen LogP contribution in [0.15, 0.2) is 24.3 Å². The standard InChI is InChI=1S/C20H26FN5O.ClH/c1-13-11-18(16-5-3-4-6-17(16)21)25(12-13)20(27)19-14(2)26(24-23-19)15-7-9-22-10-8-15;/h3-6,13,15,18,22H,7-12H2,1-2H3;1H. The topological polar surface area (TPSA) is 63.1 Å². The van der Waals surface area contributed by atoms with Gasteiger partial charge in [0.05, 0.1) is 17.8 Å². The normalized spacial score (nSPS) is 22.9. The summed E-state index contributed by atoms with van der Waals surface area (Å²) in [6, 6.07) is 6.76. The third-order valence-corrected chi connectivity index (χ3v) is 5.82. The van der Waals surface area contributed by atoms with E-state index in [2.05, 4.69) is 22.6 Å². The van der Waals surface area contributed by atoms with Crippen LogP contribution in [-0.4, -0.2) is 45.4 Å². The van der Waals surface area contributed by atoms with Crippen LogP contribution < -0.4 is 5.32 Å². The molecule has 2 atom stereocenters. The minimum absolute atomic E-state index is 0. The molecule has 4 rings (SSSR count). The molecule has 8 heteroatoms. The van der Waals surface area contributed by atoms with Crippen LogP contribution in [-0.2, 0) is 0 Å². The van der Waals surface area contributed by atoms with Crippen molar-refractivity contribution in [3.8, 4) is 0 Å². The second-order valence-electron chi connectivity index (χ2n) is 7.78. The second-order valence-corrected chi connectivity index (χ2v) is 7.78. The number of rotatable bonds is 3. The SMILES string of the molecule is Cc1c(C(=O)N2CC(C)CC2c2ccccc2F)nnn1C1CCNCC1.Cl. The Kier molecular flexibility index (Phi) is 6.35. The van der Waals surface area contributed by atoms with Crippen molar-refractivity contribution in [2.45, 2.75) is 45.2 Å². The van der Waals surface area contributed by atoms with E-state index in [1.165, 1.54) is 6.07 Å². The molecule has 2 aliphatic heterocycles. The van der Waals surface area contributed by atoms with Crippen molar-refractivity contribution in [2.75, 3.05) is 19.6 Å². The molecule has 1 aromatic carbocycles. The molecular formula is C20H27ClFN5O. The number of piperidine rings is 1. The Morgan fingerprint density at radius 1 is 1.25 bits per heavy atom. The average molecular weight is 408 g/mol. The van der Waals surface area contributed by atoms with Gasteiger partial charge >= 0.3 is 0 Å². The van der Waals surface area contributed by atoms with Gasteiger partial charge in [0.2, 0.25) is 0 Å². The Hall–Kier alpha value is -1.99. The number of amides is 1. The fourth-order valence-electron chi connectivity index (χ4n) is 4.38. The maximum atomic E-state index is 14.4. The van der Waals surface area contributed by atoms with Gasteiger partial charge in [-0.05, 0) is 51.3 Å². The molecule has 152 valence electrons. The molecule has 0 aliphatic carbocycles. The lowest BCUT2D eigenvalue weighted by Gasteiger charge is -2.25. The molecule has 2 unspecified atom stereocenters. The van der Waals surface area contributed by atoms with Crippen molar-refractivity contribution in [2.24, 2.45) is 5.92 Å². The Bertz CT molecular complexity index is 836. The molecule has 0 saturated carbocycles. The van der Waals surface area contributed by atoms with E-state index in [0.29, 0.717) is 23.7 Å². The lowest BCUT2D eigenvalue weighted by Crippen LogP contribution is -2.33. The van der Waals surface area contributed by atoms with Gasteiger partial charge in [-0.2, -0.15) is 0 Å². The van der Waals surface area contributed by atoms with E-state index in [0.717, 1.165) is 38.0 Å². The van der Waals surface area contributed by atoms with Gasteiger partial charge in [-0.25, -0.2) is 9.07 Å². The molecule has 2 fully saturated rings. The first-order chi connectivity index (χ1) is 13.1. The van der Waals surface area contributed by atoms with Crippen molar-refractivity contribution in [1.29, 1.82) is 0 Å². The number of carbonyl (C=O) groups excluding carboxylic acids is 1. The first kappa shape index (κ1) is 20.7. The molecule has 0 bridgehead atoms. The fraction of sp³-hybridized carbons (Fsp3) is 0.550. The Morgan fingerprint density at radius 2 is 1.96 bits per heavy atom. The largest absolute Gasteiger partial charge is 0.330 e. The predicted molar refractivity (Wildman–Crippen MR) is 107 cm³/mol. The molecule has 2 aromatic rings. The number of nitrogens with one attached hydrogen (secondary N) is 1. The van der Waals surface area contributed by atoms with Crippen LogP contribution in [0.3, 0.4) is 0 Å². The van der Waals surface area contributed by atoms with E-state index in [-0.39, 0.29) is 36.2 Å². The number of hydrogen-bond acceptors (Lipinski definition) is 4. The van der Waals surface area contributed by atoms with Gasteiger partial charge in [0, 0.05) is 12.1 Å². The van der Waals surface area contributed by atoms with Gasteiger partial charge < -0.3 is 10.2 Å². The van der Waals surface area contributed by atoms with Crippen LogP contribution in [0.2, 0.25) is 0 Å². The average Bonchev–Trinajstić information content (AvgIpc) is 3.25. The van der Waals surface area contributed by atoms with Crippen molar-refractivity contribution >= 4 is 18.3 Å². The third-order valence-electron chi connectivity index (χ3n) is 5.82. The van der Waals surface area contributed by atoms with Gasteiger partial charge in [-0.15, -0.1) is 17.5 Å². The number of benzene rings is 1. The summed E-state index contributed by atoms with van der Waals surface area (Å²) < 4.78 is 16.3. The first-order valence-corrected chi connectivity index (χ1v) is 9.74. The summed E-state index contributed by atoms with van der Waals surface area (Å²) in [5.74, 6) is -0.0897. The smallest absolute Gasteiger partial charge is 0.276 e. The lowest BCUT2D eigenvalue weighted by molar-refractivity contribution is 0.0723. The lowest BCUT2D eigenvalue weighted by atomic mass is 10.0. The van der Waals surface area contributed by atoms with Gasteiger partial charge in [0.1, 0.15) is 5.82 Å². The van der Waals surface area contributed by atoms with Crippen molar-refractivity contribution in [1.82, 2.24) is 25.2 Å². The Morgan fingerprint density at radius 3 is 2.68 bits per heavy atom. The minimum Gasteiger partial charge on any atom is -0.330 e. The van der Waals surface area contributed by atoms with Crippen LogP contribution in [0.25, 0.3) is 0 Å². The number of halogens is 2. The van der Waals surface area contributed by atoms with Gasteiger partial charge in [0.15, 0.2) is 5.69 Å². The minimum atomic E-state index is -0.260. The van der Waals surface area contributed by atoms with Gasteiger partial charge in [-0.3, -0.25) is 4.79 Å². The summed E-state index contributed by atoms with van der Waals surface area (Å²) in [5.41, 5.74) is 1.78. The summed E-state index contributed by atoms with van der Waals surface area (Å²) in [5, 5.41) is 11.8. The molecule has 2 saturated heterocycles. The highest BCUT2D eigenvalue weighted by molar-refractivity contribution is 5.93. The van der Waals surface area contributed by atoms with E-state index in [1.807, 2.05) is 17.7 Å². The Labute approximate surface area is 170 Å². The number of nitrogens with zero attached hydrogens (tertiary/aromatic N) is 4. The number of carbonyl (C=O) groups is 1. The quantitative estimate of drug-likeness (QED) is 0.847. The third kappa shape index (κ3) is 3.78. The van der Waals surface area contributed by atoms with Crippen LogP contribution in [0.5, 0.6) is 0 Å². The van der Waals surface area contributed by atoms with Crippen LogP contribution in [0.1, 0.15) is 60.0 Å². The molecule has 1 aromatic heterocycles. The fourth-order valence-corrected chi connectivity index (χ4v) is 4.38. The molecule has 1 amide bonds. The van der Waals surface area contributed by atoms with Crippen molar-refractivity contribution < 1.29 is 9.18 Å². The molecule has 0 radical (unpaired) electrons. The first-order valence-electron chi connectivity index (χ1n) is 9.74. The summed E-state index contributed by atoms with van der Waals surface area (Å²) in [6.45, 7) is 6.52. The maximum absolute atomic E-state index is 14.4. The van der Waals surface area contributed by atoms with Crippen LogP contribution in [0.4, 0.5) is 4.39 Å². The molecule has 28 heavy (non-hydrogen) atoms. The van der Waals surface area contributed by atoms with Crippen molar-refractivity contribution in [3.63, 3.8) is 0 Å². The monoisotopic (exact) mass is 407 g/mol. The predicted octanol–water partition coefficient (Wildman–Crippen LogP) is 3.30. The molecule has 3 heterocycles. The van der Waals surface area contributed by atoms with E-state index < -0.39 is 0 Å². The molecule has 1 N–H and O–H groups in total. The number of likely N-dealkylation sites (tertiary alicyclic amines) is 1. The van der Waals surface area contributed by atoms with Crippen molar-refractivity contribution in [3.05, 3.63) is 47.0 Å². The molecule has 0 spiro atoms. The van der Waals surface area contributed by atoms with Gasteiger partial charge in [0.25, 0.3) is 5.91 Å². The van der Waals surface area contributed by atoms with E-state index >= 15 is 0 Å². The maximum Gasteiger partial charge on any atom is 0.276 e. The summed E-state index contributed by atoms with van der Waals surface area (Å²) in [4.78, 5) is 15.1. The zero-order valence-corrected chi connectivity index (χ0v) is 17.1. The van der Waals surface area contributed by atoms with E-state index in [4.69, 9.17) is 0 Å². The van der Waals surface area contributed by atoms with Crippen LogP contribution >= 0.6 is 12.4 Å². The zero-order valence-electron chi connectivity index (χ0n) is 16.3. The summed E-state index contributed by atoms with van der Waals surface area (Å²) in [6.07, 6.45) is 2.72. The number of aromatic nitrogens is 3. The molecular weight excluding hydrogens is 381 g/mol. The van der Waals surface area contributed by atoms with Crippen LogP contribution in [0, 0.1) is 18.7 Å². The van der Waals surface area contributed by atoms with Gasteiger partial charge in [-0.1, -0.05) is 30.3 Å². The molecule has 2 aliphatic rings. The number of hydrogen-bond donors (Lipinski definition) is 1. The highest BCUT2D eigenvalue weighted by Gasteiger charge is 2.38. The molecule has 6 nitrogen and oxygen atoms in total. The highest BCUT2D eigenvalue weighted by Crippen LogP contribution is 2.37. The van der Waals surface area contributed by atoms with E-state index in [9.17, 15) is 9.18 Å². The second kappa shape index (κ2) is 8.57. The Balaban J connectivity index is 0.00000225. The summed E-state index contributed by atoms with van der Waals surface area (Å²) in [7, 11) is 0. The zero-order chi connectivity index (χ0) is 19.0. The summed E-state index contributed by atoms with van der Waals surface area (Å²) >= 11 is 0. The highest BCUT2D eigenvalue weighted by atomic mass is 35.5. The van der Waals surface area contributed by atoms with E-state index in [1.54, 1.807) is 17.0 Å².